The van der Waals surface area contributed by atoms with Gasteiger partial charge in [-0.25, -0.2) is 14.5 Å². The third kappa shape index (κ3) is 3.84. The van der Waals surface area contributed by atoms with E-state index in [4.69, 9.17) is 9.47 Å². The number of anilines is 1. The number of hydrogen-bond donors (Lipinski definition) is 0. The van der Waals surface area contributed by atoms with Crippen molar-refractivity contribution >= 4 is 29.4 Å². The molecule has 0 aliphatic carbocycles. The van der Waals surface area contributed by atoms with Crippen LogP contribution in [-0.2, 0) is 9.47 Å². The van der Waals surface area contributed by atoms with Gasteiger partial charge in [0.25, 0.3) is 11.8 Å². The fourth-order valence-electron chi connectivity index (χ4n) is 2.78. The predicted molar refractivity (Wildman–Crippen MR) is 105 cm³/mol. The van der Waals surface area contributed by atoms with Crippen molar-refractivity contribution in [2.24, 2.45) is 0 Å². The summed E-state index contributed by atoms with van der Waals surface area (Å²) in [7, 11) is 0. The molecule has 1 aliphatic heterocycles. The first-order chi connectivity index (χ1) is 14.0. The summed E-state index contributed by atoms with van der Waals surface area (Å²) >= 11 is 0. The second kappa shape index (κ2) is 8.35. The molecule has 0 saturated heterocycles. The zero-order chi connectivity index (χ0) is 21.0. The molecule has 2 aromatic rings. The number of carbonyl (C=O) groups is 4. The van der Waals surface area contributed by atoms with Crippen LogP contribution in [0.4, 0.5) is 5.69 Å². The Hall–Kier alpha value is -4.00. The van der Waals surface area contributed by atoms with E-state index in [2.05, 4.69) is 13.2 Å². The molecule has 2 amide bonds. The van der Waals surface area contributed by atoms with Crippen molar-refractivity contribution in [3.05, 3.63) is 90.0 Å². The molecule has 0 fully saturated rings. The summed E-state index contributed by atoms with van der Waals surface area (Å²) in [4.78, 5) is 50.3. The highest BCUT2D eigenvalue weighted by Gasteiger charge is 2.37. The Bertz CT molecular complexity index is 1020. The fourth-order valence-corrected chi connectivity index (χ4v) is 2.78. The van der Waals surface area contributed by atoms with Gasteiger partial charge >= 0.3 is 11.9 Å². The number of esters is 2. The Balaban J connectivity index is 1.84. The summed E-state index contributed by atoms with van der Waals surface area (Å²) in [6, 6.07) is 10.1. The molecule has 7 heteroatoms. The number of fused-ring (bicyclic) bond motifs is 1. The zero-order valence-corrected chi connectivity index (χ0v) is 15.4. The van der Waals surface area contributed by atoms with E-state index in [1.165, 1.54) is 54.6 Å². The smallest absolute Gasteiger partial charge is 0.338 e. The zero-order valence-electron chi connectivity index (χ0n) is 15.4. The number of imide groups is 1. The molecule has 29 heavy (non-hydrogen) atoms. The van der Waals surface area contributed by atoms with Gasteiger partial charge in [-0.15, -0.1) is 0 Å². The van der Waals surface area contributed by atoms with Gasteiger partial charge < -0.3 is 9.47 Å². The molecule has 0 radical (unpaired) electrons. The molecular weight excluding hydrogens is 374 g/mol. The highest BCUT2D eigenvalue weighted by atomic mass is 16.5. The van der Waals surface area contributed by atoms with Crippen LogP contribution in [0.1, 0.15) is 41.4 Å². The largest absolute Gasteiger partial charge is 0.458 e. The first-order valence-corrected chi connectivity index (χ1v) is 8.67. The second-order valence-electron chi connectivity index (χ2n) is 6.03. The molecule has 0 unspecified atom stereocenters. The predicted octanol–water partition coefficient (Wildman–Crippen LogP) is 3.17. The summed E-state index contributed by atoms with van der Waals surface area (Å²) in [6.07, 6.45) is 2.88. The molecule has 1 aliphatic rings. The number of benzene rings is 2. The van der Waals surface area contributed by atoms with Crippen molar-refractivity contribution < 1.29 is 28.7 Å². The highest BCUT2D eigenvalue weighted by Crippen LogP contribution is 2.29. The molecule has 0 atom stereocenters. The van der Waals surface area contributed by atoms with E-state index in [0.717, 1.165) is 4.90 Å². The molecule has 7 nitrogen and oxygen atoms in total. The van der Waals surface area contributed by atoms with E-state index in [-0.39, 0.29) is 35.5 Å². The molecule has 0 aromatic heterocycles. The Labute approximate surface area is 166 Å². The Morgan fingerprint density at radius 3 is 1.90 bits per heavy atom. The normalized spacial score (nSPS) is 12.3. The third-order valence-electron chi connectivity index (χ3n) is 4.15. The molecule has 0 bridgehead atoms. The summed E-state index contributed by atoms with van der Waals surface area (Å²) in [5.74, 6) is -2.24. The van der Waals surface area contributed by atoms with Crippen LogP contribution in [-0.4, -0.2) is 37.0 Å². The molecule has 2 aromatic carbocycles. The van der Waals surface area contributed by atoms with Crippen LogP contribution in [0.2, 0.25) is 0 Å². The molecule has 0 saturated carbocycles. The van der Waals surface area contributed by atoms with Gasteiger partial charge in [0, 0.05) is 0 Å². The van der Waals surface area contributed by atoms with Gasteiger partial charge in [0.15, 0.2) is 0 Å². The quantitative estimate of drug-likeness (QED) is 0.409. The maximum atomic E-state index is 12.8. The minimum Gasteiger partial charge on any atom is -0.458 e. The van der Waals surface area contributed by atoms with Gasteiger partial charge in [0.05, 0.1) is 27.9 Å². The summed E-state index contributed by atoms with van der Waals surface area (Å²) in [5, 5.41) is 0. The highest BCUT2D eigenvalue weighted by molar-refractivity contribution is 6.34. The van der Waals surface area contributed by atoms with Crippen LogP contribution in [0.15, 0.2) is 67.8 Å². The maximum Gasteiger partial charge on any atom is 0.338 e. The lowest BCUT2D eigenvalue weighted by Crippen LogP contribution is -2.29. The Morgan fingerprint density at radius 1 is 0.793 bits per heavy atom. The van der Waals surface area contributed by atoms with Crippen molar-refractivity contribution in [2.45, 2.75) is 0 Å². The standard InChI is InChI=1S/C22H17NO6/c1-3-11-28-21(26)14-5-8-16(9-6-14)23-19(24)17-10-7-15(13-18(17)20(23)25)22(27)29-12-4-2/h3-10,13H,1-2,11-12H2. The average Bonchev–Trinajstić information content (AvgIpc) is 3.00. The van der Waals surface area contributed by atoms with Crippen LogP contribution in [0.3, 0.4) is 0 Å². The van der Waals surface area contributed by atoms with Crippen LogP contribution in [0, 0.1) is 0 Å². The SMILES string of the molecule is C=CCOC(=O)c1ccc(N2C(=O)c3ccc(C(=O)OCC=C)cc3C2=O)cc1. The van der Waals surface area contributed by atoms with Crippen LogP contribution >= 0.6 is 0 Å². The lowest BCUT2D eigenvalue weighted by Gasteiger charge is -2.14. The number of hydrogen-bond acceptors (Lipinski definition) is 6. The first-order valence-electron chi connectivity index (χ1n) is 8.67. The average molecular weight is 391 g/mol. The lowest BCUT2D eigenvalue weighted by atomic mass is 10.1. The molecule has 146 valence electrons. The summed E-state index contributed by atoms with van der Waals surface area (Å²) in [6.45, 7) is 7.05. The lowest BCUT2D eigenvalue weighted by molar-refractivity contribution is 0.0540. The molecule has 1 heterocycles. The van der Waals surface area contributed by atoms with Gasteiger partial charge in [-0.3, -0.25) is 9.59 Å². The van der Waals surface area contributed by atoms with E-state index in [1.54, 1.807) is 0 Å². The number of carbonyl (C=O) groups excluding carboxylic acids is 4. The first kappa shape index (κ1) is 19.8. The number of rotatable bonds is 7. The van der Waals surface area contributed by atoms with Gasteiger partial charge in [-0.05, 0) is 42.5 Å². The maximum absolute atomic E-state index is 12.8. The van der Waals surface area contributed by atoms with E-state index in [1.807, 2.05) is 0 Å². The summed E-state index contributed by atoms with van der Waals surface area (Å²) < 4.78 is 9.90. The van der Waals surface area contributed by atoms with Crippen LogP contribution in [0.25, 0.3) is 0 Å². The van der Waals surface area contributed by atoms with Gasteiger partial charge in [-0.1, -0.05) is 25.3 Å². The van der Waals surface area contributed by atoms with E-state index < -0.39 is 23.8 Å². The van der Waals surface area contributed by atoms with Gasteiger partial charge in [0.2, 0.25) is 0 Å². The minimum atomic E-state index is -0.617. The number of amides is 2. The van der Waals surface area contributed by atoms with Crippen LogP contribution < -0.4 is 4.90 Å². The summed E-state index contributed by atoms with van der Waals surface area (Å²) in [5.41, 5.74) is 1.03. The van der Waals surface area contributed by atoms with Gasteiger partial charge in [-0.2, -0.15) is 0 Å². The Morgan fingerprint density at radius 2 is 1.31 bits per heavy atom. The Kier molecular flexibility index (Phi) is 5.69. The number of ether oxygens (including phenoxy) is 2. The van der Waals surface area contributed by atoms with E-state index in [0.29, 0.717) is 5.69 Å². The van der Waals surface area contributed by atoms with Crippen molar-refractivity contribution in [2.75, 3.05) is 18.1 Å². The topological polar surface area (TPSA) is 90.0 Å². The minimum absolute atomic E-state index is 0.0382. The van der Waals surface area contributed by atoms with Gasteiger partial charge in [0.1, 0.15) is 13.2 Å². The third-order valence-corrected chi connectivity index (χ3v) is 4.15. The van der Waals surface area contributed by atoms with Crippen molar-refractivity contribution in [3.63, 3.8) is 0 Å². The van der Waals surface area contributed by atoms with Crippen molar-refractivity contribution in [3.8, 4) is 0 Å². The monoisotopic (exact) mass is 391 g/mol. The van der Waals surface area contributed by atoms with E-state index >= 15 is 0 Å². The molecular formula is C22H17NO6. The second-order valence-corrected chi connectivity index (χ2v) is 6.03. The number of nitrogens with zero attached hydrogens (tertiary/aromatic N) is 1. The molecule has 0 spiro atoms. The van der Waals surface area contributed by atoms with Crippen molar-refractivity contribution in [1.82, 2.24) is 0 Å². The molecule has 3 rings (SSSR count). The van der Waals surface area contributed by atoms with Crippen LogP contribution in [0.5, 0.6) is 0 Å². The fraction of sp³-hybridized carbons (Fsp3) is 0.0909. The van der Waals surface area contributed by atoms with Crippen molar-refractivity contribution in [1.29, 1.82) is 0 Å². The van der Waals surface area contributed by atoms with E-state index in [9.17, 15) is 19.2 Å². The molecule has 0 N–H and O–H groups in total.